The number of hydrogen-bond donors (Lipinski definition) is 0. The fourth-order valence-corrected chi connectivity index (χ4v) is 7.93. The summed E-state index contributed by atoms with van der Waals surface area (Å²) in [5.74, 6) is 3.31. The summed E-state index contributed by atoms with van der Waals surface area (Å²) >= 11 is 0. The second-order valence-corrected chi connectivity index (χ2v) is 13.6. The minimum atomic E-state index is 0.249. The van der Waals surface area contributed by atoms with Crippen LogP contribution in [0.5, 0.6) is 0 Å². The Kier molecular flexibility index (Phi) is 7.67. The molecule has 0 aromatic heterocycles. The molecular formula is C43H42N2. The van der Waals surface area contributed by atoms with Crippen LogP contribution in [0.3, 0.4) is 0 Å². The summed E-state index contributed by atoms with van der Waals surface area (Å²) < 4.78 is 0. The Hall–Kier alpha value is -4.30. The Morgan fingerprint density at radius 2 is 1.62 bits per heavy atom. The highest BCUT2D eigenvalue weighted by molar-refractivity contribution is 6.14. The van der Waals surface area contributed by atoms with E-state index in [1.165, 1.54) is 58.0 Å². The lowest BCUT2D eigenvalue weighted by Gasteiger charge is -2.32. The van der Waals surface area contributed by atoms with Crippen molar-refractivity contribution in [3.05, 3.63) is 155 Å². The number of allylic oxidation sites excluding steroid dienone is 17. The van der Waals surface area contributed by atoms with Gasteiger partial charge in [0, 0.05) is 34.7 Å². The molecule has 2 aromatic carbocycles. The van der Waals surface area contributed by atoms with E-state index in [1.54, 1.807) is 0 Å². The van der Waals surface area contributed by atoms with E-state index in [2.05, 4.69) is 128 Å². The predicted octanol–water partition coefficient (Wildman–Crippen LogP) is 10.8. The van der Waals surface area contributed by atoms with Gasteiger partial charge in [0.05, 0.1) is 0 Å². The van der Waals surface area contributed by atoms with Gasteiger partial charge in [0.15, 0.2) is 5.84 Å². The maximum atomic E-state index is 5.50. The van der Waals surface area contributed by atoms with Gasteiger partial charge < -0.3 is 0 Å². The van der Waals surface area contributed by atoms with Crippen molar-refractivity contribution in [2.45, 2.75) is 51.9 Å². The molecule has 0 saturated heterocycles. The van der Waals surface area contributed by atoms with Crippen molar-refractivity contribution in [2.24, 2.45) is 39.6 Å². The van der Waals surface area contributed by atoms with Gasteiger partial charge in [-0.25, -0.2) is 9.98 Å². The average Bonchev–Trinajstić information content (AvgIpc) is 3.10. The van der Waals surface area contributed by atoms with Gasteiger partial charge in [-0.15, -0.1) is 0 Å². The van der Waals surface area contributed by atoms with Gasteiger partial charge >= 0.3 is 0 Å². The van der Waals surface area contributed by atoms with Crippen LogP contribution < -0.4 is 0 Å². The average molecular weight is 587 g/mol. The van der Waals surface area contributed by atoms with Gasteiger partial charge in [-0.3, -0.25) is 0 Å². The molecule has 2 nitrogen and oxygen atoms in total. The summed E-state index contributed by atoms with van der Waals surface area (Å²) in [4.78, 5) is 10.9. The molecule has 224 valence electrons. The van der Waals surface area contributed by atoms with Crippen molar-refractivity contribution >= 4 is 22.3 Å². The van der Waals surface area contributed by atoms with Crippen LogP contribution in [0.25, 0.3) is 10.8 Å². The fraction of sp³-hybridized carbons (Fsp3) is 0.302. The van der Waals surface area contributed by atoms with Gasteiger partial charge in [0.25, 0.3) is 0 Å². The van der Waals surface area contributed by atoms with Crippen LogP contribution >= 0.6 is 0 Å². The molecule has 1 aliphatic heterocycles. The van der Waals surface area contributed by atoms with Gasteiger partial charge in [-0.1, -0.05) is 122 Å². The molecule has 2 heteroatoms. The SMILES string of the molecule is CC1C/C=C(\C2C=CC(C3=CCC4C=CC=CC4=C3)=CC2)N=C(c2ccc3ccccc3c2)N=C1C1=CC2CCC=CC2CC1. The molecule has 0 fully saturated rings. The van der Waals surface area contributed by atoms with Crippen LogP contribution in [-0.2, 0) is 0 Å². The van der Waals surface area contributed by atoms with E-state index in [0.717, 1.165) is 42.8 Å². The monoisotopic (exact) mass is 586 g/mol. The normalized spacial score (nSPS) is 30.3. The molecule has 5 aliphatic carbocycles. The lowest BCUT2D eigenvalue weighted by molar-refractivity contribution is 0.387. The third kappa shape index (κ3) is 5.79. The van der Waals surface area contributed by atoms with E-state index in [0.29, 0.717) is 23.7 Å². The van der Waals surface area contributed by atoms with Crippen LogP contribution in [0.4, 0.5) is 0 Å². The van der Waals surface area contributed by atoms with Crippen molar-refractivity contribution in [1.29, 1.82) is 0 Å². The Morgan fingerprint density at radius 3 is 2.53 bits per heavy atom. The van der Waals surface area contributed by atoms with E-state index in [9.17, 15) is 0 Å². The van der Waals surface area contributed by atoms with Crippen LogP contribution in [0, 0.1) is 29.6 Å². The number of hydrogen-bond acceptors (Lipinski definition) is 2. The van der Waals surface area contributed by atoms with Gasteiger partial charge in [-0.05, 0) is 95.9 Å². The number of aliphatic imine (C=N–C) groups is 2. The number of fused-ring (bicyclic) bond motifs is 3. The molecule has 8 rings (SSSR count). The Balaban J connectivity index is 1.13. The molecule has 0 spiro atoms. The predicted molar refractivity (Wildman–Crippen MR) is 190 cm³/mol. The summed E-state index contributed by atoms with van der Waals surface area (Å²) in [7, 11) is 0. The molecule has 0 radical (unpaired) electrons. The summed E-state index contributed by atoms with van der Waals surface area (Å²) in [6, 6.07) is 15.3. The van der Waals surface area contributed by atoms with Crippen molar-refractivity contribution in [2.75, 3.05) is 0 Å². The van der Waals surface area contributed by atoms with Crippen molar-refractivity contribution < 1.29 is 0 Å². The first-order chi connectivity index (χ1) is 22.2. The summed E-state index contributed by atoms with van der Waals surface area (Å²) in [5.41, 5.74) is 9.04. The molecule has 0 N–H and O–H groups in total. The summed E-state index contributed by atoms with van der Waals surface area (Å²) in [6.45, 7) is 2.36. The van der Waals surface area contributed by atoms with Crippen LogP contribution in [0.1, 0.15) is 57.4 Å². The minimum absolute atomic E-state index is 0.249. The number of nitrogens with zero attached hydrogens (tertiary/aromatic N) is 2. The zero-order chi connectivity index (χ0) is 30.2. The maximum absolute atomic E-state index is 5.50. The second kappa shape index (κ2) is 12.2. The molecule has 45 heavy (non-hydrogen) atoms. The van der Waals surface area contributed by atoms with E-state index in [4.69, 9.17) is 9.98 Å². The zero-order valence-electron chi connectivity index (χ0n) is 26.3. The first-order valence-electron chi connectivity index (χ1n) is 17.1. The van der Waals surface area contributed by atoms with Crippen molar-refractivity contribution in [3.63, 3.8) is 0 Å². The third-order valence-corrected chi connectivity index (χ3v) is 10.6. The molecule has 5 atom stereocenters. The van der Waals surface area contributed by atoms with Gasteiger partial charge in [0.2, 0.25) is 0 Å². The van der Waals surface area contributed by atoms with E-state index in [-0.39, 0.29) is 5.92 Å². The largest absolute Gasteiger partial charge is 0.233 e. The standard InChI is InChI=1S/C43H42N2/c1-29-14-25-41(34-20-15-33(16-21-34)38-22-17-30-8-2-5-11-35(30)26-38)44-43(40-24-19-32-10-4-7-13-37(32)28-40)45-42(29)39-23-18-31-9-3-6-12-36(31)27-39/h2-5,7-11,13,15-16,19-20,22,24-31,34,36H,6,12,14,17-18,21,23H2,1H3/b41-25+,44-43?,45-42?. The van der Waals surface area contributed by atoms with E-state index in [1.807, 2.05) is 0 Å². The topological polar surface area (TPSA) is 24.7 Å². The molecule has 2 aromatic rings. The summed E-state index contributed by atoms with van der Waals surface area (Å²) in [5, 5.41) is 2.48. The molecule has 0 saturated carbocycles. The maximum Gasteiger partial charge on any atom is 0.159 e. The highest BCUT2D eigenvalue weighted by atomic mass is 14.9. The first kappa shape index (κ1) is 28.2. The van der Waals surface area contributed by atoms with E-state index >= 15 is 0 Å². The number of amidine groups is 1. The zero-order valence-corrected chi connectivity index (χ0v) is 26.3. The minimum Gasteiger partial charge on any atom is -0.233 e. The lowest BCUT2D eigenvalue weighted by Crippen LogP contribution is -2.25. The van der Waals surface area contributed by atoms with Crippen molar-refractivity contribution in [3.8, 4) is 0 Å². The van der Waals surface area contributed by atoms with Crippen LogP contribution in [0.15, 0.2) is 159 Å². The molecule has 1 heterocycles. The summed E-state index contributed by atoms with van der Waals surface area (Å²) in [6.07, 6.45) is 38.4. The van der Waals surface area contributed by atoms with Gasteiger partial charge in [-0.2, -0.15) is 0 Å². The highest BCUT2D eigenvalue weighted by Crippen LogP contribution is 2.39. The lowest BCUT2D eigenvalue weighted by atomic mass is 9.73. The second-order valence-electron chi connectivity index (χ2n) is 13.6. The first-order valence-corrected chi connectivity index (χ1v) is 17.1. The van der Waals surface area contributed by atoms with Crippen LogP contribution in [0.2, 0.25) is 0 Å². The third-order valence-electron chi connectivity index (χ3n) is 10.6. The molecular weight excluding hydrogens is 544 g/mol. The highest BCUT2D eigenvalue weighted by Gasteiger charge is 2.29. The molecule has 0 bridgehead atoms. The quantitative estimate of drug-likeness (QED) is 0.318. The van der Waals surface area contributed by atoms with Crippen molar-refractivity contribution in [1.82, 2.24) is 0 Å². The molecule has 5 unspecified atom stereocenters. The molecule has 0 amide bonds. The Morgan fingerprint density at radius 1 is 0.733 bits per heavy atom. The fourth-order valence-electron chi connectivity index (χ4n) is 7.93. The van der Waals surface area contributed by atoms with Crippen LogP contribution in [-0.4, -0.2) is 11.5 Å². The Labute approximate surface area is 268 Å². The van der Waals surface area contributed by atoms with Gasteiger partial charge in [0.1, 0.15) is 0 Å². The molecule has 6 aliphatic rings. The number of benzene rings is 2. The Bertz CT molecular complexity index is 1860. The smallest absolute Gasteiger partial charge is 0.159 e. The van der Waals surface area contributed by atoms with E-state index < -0.39 is 0 Å². The number of rotatable bonds is 4.